The molecule has 0 amide bonds. The number of rotatable bonds is 4. The molecule has 0 N–H and O–H groups in total. The summed E-state index contributed by atoms with van der Waals surface area (Å²) < 4.78 is 11.0. The first-order valence-electron chi connectivity index (χ1n) is 7.54. The normalized spacial score (nSPS) is 21.7. The molecule has 0 atom stereocenters. The monoisotopic (exact) mass is 300 g/mol. The topological polar surface area (TPSA) is 70.0 Å². The van der Waals surface area contributed by atoms with E-state index >= 15 is 0 Å². The van der Waals surface area contributed by atoms with E-state index in [0.29, 0.717) is 17.6 Å². The summed E-state index contributed by atoms with van der Waals surface area (Å²) in [5.41, 5.74) is 2.13. The van der Waals surface area contributed by atoms with Crippen molar-refractivity contribution in [2.75, 3.05) is 13.2 Å². The van der Waals surface area contributed by atoms with Gasteiger partial charge >= 0.3 is 0 Å². The molecule has 0 unspecified atom stereocenters. The van der Waals surface area contributed by atoms with E-state index in [9.17, 15) is 0 Å². The third-order valence-electron chi connectivity index (χ3n) is 3.66. The van der Waals surface area contributed by atoms with Gasteiger partial charge < -0.3 is 9.47 Å². The maximum absolute atomic E-state index is 5.50. The highest BCUT2D eigenvalue weighted by Gasteiger charge is 2.18. The van der Waals surface area contributed by atoms with Crippen LogP contribution >= 0.6 is 0 Å². The van der Waals surface area contributed by atoms with Gasteiger partial charge in [0.1, 0.15) is 0 Å². The van der Waals surface area contributed by atoms with Gasteiger partial charge in [0.25, 0.3) is 0 Å². The molecular weight excluding hydrogens is 280 g/mol. The Morgan fingerprint density at radius 2 is 1.50 bits per heavy atom. The van der Waals surface area contributed by atoms with Gasteiger partial charge in [0.15, 0.2) is 17.9 Å². The molecule has 1 aliphatic rings. The molecule has 1 fully saturated rings. The molecule has 2 aromatic rings. The molecule has 3 rings (SSSR count). The van der Waals surface area contributed by atoms with Crippen LogP contribution in [0.4, 0.5) is 0 Å². The first kappa shape index (κ1) is 15.0. The second-order valence-electron chi connectivity index (χ2n) is 5.64. The second-order valence-corrected chi connectivity index (χ2v) is 5.64. The minimum absolute atomic E-state index is 0.0756. The number of aryl methyl sites for hydroxylation is 2. The molecule has 0 spiro atoms. The lowest BCUT2D eigenvalue weighted by molar-refractivity contribution is -0.190. The van der Waals surface area contributed by atoms with Crippen molar-refractivity contribution in [2.45, 2.75) is 33.0 Å². The summed E-state index contributed by atoms with van der Waals surface area (Å²) >= 11 is 0. The zero-order chi connectivity index (χ0) is 15.4. The second kappa shape index (κ2) is 6.89. The zero-order valence-corrected chi connectivity index (χ0v) is 12.9. The van der Waals surface area contributed by atoms with Gasteiger partial charge in [-0.15, -0.1) is 0 Å². The summed E-state index contributed by atoms with van der Waals surface area (Å²) in [6, 6.07) is 0. The highest BCUT2D eigenvalue weighted by atomic mass is 16.7. The van der Waals surface area contributed by atoms with Crippen LogP contribution in [0.5, 0.6) is 0 Å². The first-order chi connectivity index (χ1) is 10.7. The van der Waals surface area contributed by atoms with Crippen molar-refractivity contribution >= 4 is 0 Å². The van der Waals surface area contributed by atoms with E-state index in [1.54, 1.807) is 12.4 Å². The van der Waals surface area contributed by atoms with E-state index in [0.717, 1.165) is 37.2 Å². The molecule has 22 heavy (non-hydrogen) atoms. The van der Waals surface area contributed by atoms with E-state index in [4.69, 9.17) is 9.47 Å². The van der Waals surface area contributed by atoms with Gasteiger partial charge in [-0.1, -0.05) is 0 Å². The number of ether oxygens (including phenoxy) is 2. The van der Waals surface area contributed by atoms with Crippen LogP contribution in [0.15, 0.2) is 24.8 Å². The summed E-state index contributed by atoms with van der Waals surface area (Å²) in [6.45, 7) is 5.40. The lowest BCUT2D eigenvalue weighted by Crippen LogP contribution is -2.30. The third-order valence-corrected chi connectivity index (χ3v) is 3.66. The third kappa shape index (κ3) is 3.84. The van der Waals surface area contributed by atoms with Crippen LogP contribution in [0.1, 0.15) is 24.5 Å². The van der Waals surface area contributed by atoms with E-state index in [2.05, 4.69) is 19.9 Å². The highest BCUT2D eigenvalue weighted by molar-refractivity contribution is 5.41. The van der Waals surface area contributed by atoms with Crippen molar-refractivity contribution < 1.29 is 9.47 Å². The highest BCUT2D eigenvalue weighted by Crippen LogP contribution is 2.17. The quantitative estimate of drug-likeness (QED) is 0.862. The maximum Gasteiger partial charge on any atom is 0.197 e. The molecular formula is C16H20N4O2. The van der Waals surface area contributed by atoms with Gasteiger partial charge in [-0.2, -0.15) is 0 Å². The molecule has 6 heteroatoms. The Labute approximate surface area is 130 Å². The van der Waals surface area contributed by atoms with Crippen LogP contribution in [0.3, 0.4) is 0 Å². The zero-order valence-electron chi connectivity index (χ0n) is 12.9. The molecule has 0 radical (unpaired) electrons. The molecule has 0 bridgehead atoms. The fourth-order valence-corrected chi connectivity index (χ4v) is 2.28. The maximum atomic E-state index is 5.50. The predicted molar refractivity (Wildman–Crippen MR) is 81.0 cm³/mol. The van der Waals surface area contributed by atoms with Crippen LogP contribution in [0, 0.1) is 12.8 Å². The van der Waals surface area contributed by atoms with Gasteiger partial charge in [0.2, 0.25) is 0 Å². The Hall–Kier alpha value is -1.92. The van der Waals surface area contributed by atoms with E-state index in [1.807, 2.05) is 26.2 Å². The van der Waals surface area contributed by atoms with Gasteiger partial charge in [-0.25, -0.2) is 19.9 Å². The van der Waals surface area contributed by atoms with Gasteiger partial charge in [0, 0.05) is 30.7 Å². The number of aromatic nitrogens is 4. The van der Waals surface area contributed by atoms with Gasteiger partial charge in [-0.05, 0) is 37.8 Å². The van der Waals surface area contributed by atoms with Crippen molar-refractivity contribution in [1.29, 1.82) is 0 Å². The van der Waals surface area contributed by atoms with Crippen LogP contribution in [-0.4, -0.2) is 39.4 Å². The molecule has 1 aliphatic heterocycles. The number of nitrogens with zero attached hydrogens (tertiary/aromatic N) is 4. The lowest BCUT2D eigenvalue weighted by Gasteiger charge is -2.27. The van der Waals surface area contributed by atoms with Crippen LogP contribution in [0.2, 0.25) is 0 Å². The fraction of sp³-hybridized carbons (Fsp3) is 0.500. The van der Waals surface area contributed by atoms with Gasteiger partial charge in [0.05, 0.1) is 13.2 Å². The predicted octanol–water partition coefficient (Wildman–Crippen LogP) is 2.18. The minimum Gasteiger partial charge on any atom is -0.353 e. The van der Waals surface area contributed by atoms with Crippen molar-refractivity contribution in [3.8, 4) is 11.6 Å². The molecule has 1 saturated heterocycles. The Balaban J connectivity index is 1.56. The van der Waals surface area contributed by atoms with Crippen molar-refractivity contribution in [1.82, 2.24) is 19.9 Å². The van der Waals surface area contributed by atoms with Crippen molar-refractivity contribution in [3.63, 3.8) is 0 Å². The van der Waals surface area contributed by atoms with Crippen LogP contribution < -0.4 is 0 Å². The Morgan fingerprint density at radius 1 is 0.955 bits per heavy atom. The van der Waals surface area contributed by atoms with Crippen LogP contribution in [-0.2, 0) is 15.9 Å². The van der Waals surface area contributed by atoms with E-state index < -0.39 is 0 Å². The molecule has 0 aliphatic carbocycles. The molecule has 0 saturated carbocycles. The van der Waals surface area contributed by atoms with Crippen LogP contribution in [0.25, 0.3) is 11.6 Å². The summed E-state index contributed by atoms with van der Waals surface area (Å²) in [5, 5.41) is 0. The SMILES string of the molecule is Cc1cnc(-c2ncc(CCC3COC(C)OC3)cn2)nc1. The number of hydrogen-bond acceptors (Lipinski definition) is 6. The average molecular weight is 300 g/mol. The molecule has 2 aromatic heterocycles. The first-order valence-corrected chi connectivity index (χ1v) is 7.54. The van der Waals surface area contributed by atoms with Crippen molar-refractivity contribution in [3.05, 3.63) is 35.9 Å². The van der Waals surface area contributed by atoms with Crippen molar-refractivity contribution in [2.24, 2.45) is 5.92 Å². The molecule has 116 valence electrons. The minimum atomic E-state index is -0.0756. The smallest absolute Gasteiger partial charge is 0.197 e. The molecule has 0 aromatic carbocycles. The van der Waals surface area contributed by atoms with Gasteiger partial charge in [-0.3, -0.25) is 0 Å². The fourth-order valence-electron chi connectivity index (χ4n) is 2.28. The largest absolute Gasteiger partial charge is 0.353 e. The lowest BCUT2D eigenvalue weighted by atomic mass is 10.0. The summed E-state index contributed by atoms with van der Waals surface area (Å²) in [5.74, 6) is 1.55. The summed E-state index contributed by atoms with van der Waals surface area (Å²) in [6.07, 6.45) is 9.08. The Kier molecular flexibility index (Phi) is 4.70. The standard InChI is InChI=1S/C16H20N4O2/c1-11-5-17-15(18-6-11)16-19-7-13(8-20-16)3-4-14-9-21-12(2)22-10-14/h5-8,12,14H,3-4,9-10H2,1-2H3. The molecule has 3 heterocycles. The number of hydrogen-bond donors (Lipinski definition) is 0. The summed E-state index contributed by atoms with van der Waals surface area (Å²) in [7, 11) is 0. The summed E-state index contributed by atoms with van der Waals surface area (Å²) in [4.78, 5) is 17.2. The Bertz CT molecular complexity index is 593. The van der Waals surface area contributed by atoms with E-state index in [-0.39, 0.29) is 6.29 Å². The average Bonchev–Trinajstić information content (AvgIpc) is 2.56. The van der Waals surface area contributed by atoms with E-state index in [1.165, 1.54) is 0 Å². The molecule has 6 nitrogen and oxygen atoms in total. The Morgan fingerprint density at radius 3 is 2.09 bits per heavy atom.